The summed E-state index contributed by atoms with van der Waals surface area (Å²) in [5.74, 6) is -0.0347. The van der Waals surface area contributed by atoms with E-state index in [1.54, 1.807) is 0 Å². The zero-order chi connectivity index (χ0) is 6.91. The maximum Gasteiger partial charge on any atom is 0.211 e. The first-order chi connectivity index (χ1) is 4.08. The molecule has 1 atom stereocenters. The van der Waals surface area contributed by atoms with Crippen molar-refractivity contribution in [3.63, 3.8) is 0 Å². The van der Waals surface area contributed by atoms with Crippen LogP contribution in [0.2, 0.25) is 0 Å². The molecule has 0 saturated carbocycles. The van der Waals surface area contributed by atoms with Crippen LogP contribution in [0.15, 0.2) is 0 Å². The SMILES string of the molecule is NS(=O)(=O)CC1CCO1. The van der Waals surface area contributed by atoms with E-state index in [-0.39, 0.29) is 11.9 Å². The molecule has 2 N–H and O–H groups in total. The molecule has 1 rings (SSSR count). The number of hydrogen-bond donors (Lipinski definition) is 1. The van der Waals surface area contributed by atoms with Crippen LogP contribution in [-0.2, 0) is 14.8 Å². The summed E-state index contributed by atoms with van der Waals surface area (Å²) in [6.07, 6.45) is 0.677. The molecule has 0 bridgehead atoms. The zero-order valence-corrected chi connectivity index (χ0v) is 5.73. The number of hydrogen-bond acceptors (Lipinski definition) is 3. The molecular weight excluding hydrogens is 142 g/mol. The zero-order valence-electron chi connectivity index (χ0n) is 4.91. The summed E-state index contributed by atoms with van der Waals surface area (Å²) in [6, 6.07) is 0. The van der Waals surface area contributed by atoms with Crippen LogP contribution in [0.3, 0.4) is 0 Å². The minimum Gasteiger partial charge on any atom is -0.377 e. The highest BCUT2D eigenvalue weighted by Crippen LogP contribution is 2.11. The molecule has 1 saturated heterocycles. The van der Waals surface area contributed by atoms with Gasteiger partial charge in [0.05, 0.1) is 11.9 Å². The molecule has 1 heterocycles. The van der Waals surface area contributed by atoms with Crippen molar-refractivity contribution in [1.29, 1.82) is 0 Å². The largest absolute Gasteiger partial charge is 0.377 e. The van der Waals surface area contributed by atoms with Crippen LogP contribution in [0.25, 0.3) is 0 Å². The highest BCUT2D eigenvalue weighted by atomic mass is 32.2. The lowest BCUT2D eigenvalue weighted by molar-refractivity contribution is -0.0352. The third-order valence-electron chi connectivity index (χ3n) is 1.21. The van der Waals surface area contributed by atoms with Gasteiger partial charge in [0, 0.05) is 6.61 Å². The van der Waals surface area contributed by atoms with E-state index in [2.05, 4.69) is 0 Å². The van der Waals surface area contributed by atoms with E-state index in [1.165, 1.54) is 0 Å². The van der Waals surface area contributed by atoms with Gasteiger partial charge in [-0.25, -0.2) is 13.6 Å². The second-order valence-corrected chi connectivity index (χ2v) is 3.77. The molecule has 0 aliphatic carbocycles. The van der Waals surface area contributed by atoms with Crippen LogP contribution in [0.4, 0.5) is 0 Å². The van der Waals surface area contributed by atoms with Gasteiger partial charge in [-0.1, -0.05) is 0 Å². The summed E-state index contributed by atoms with van der Waals surface area (Å²) in [6.45, 7) is 0.667. The fourth-order valence-electron chi connectivity index (χ4n) is 0.675. The van der Waals surface area contributed by atoms with Gasteiger partial charge in [0.15, 0.2) is 0 Å². The molecule has 0 radical (unpaired) electrons. The Balaban J connectivity index is 2.33. The summed E-state index contributed by atoms with van der Waals surface area (Å²) in [5, 5.41) is 4.74. The fourth-order valence-corrected chi connectivity index (χ4v) is 1.46. The van der Waals surface area contributed by atoms with E-state index in [0.29, 0.717) is 6.61 Å². The number of sulfonamides is 1. The first-order valence-electron chi connectivity index (χ1n) is 2.70. The van der Waals surface area contributed by atoms with E-state index in [9.17, 15) is 8.42 Å². The number of nitrogens with two attached hydrogens (primary N) is 1. The molecule has 1 aliphatic heterocycles. The Morgan fingerprint density at radius 3 is 2.33 bits per heavy atom. The topological polar surface area (TPSA) is 69.4 Å². The average molecular weight is 151 g/mol. The summed E-state index contributed by atoms with van der Waals surface area (Å²) in [5.41, 5.74) is 0. The molecule has 1 fully saturated rings. The van der Waals surface area contributed by atoms with E-state index in [4.69, 9.17) is 9.88 Å². The molecule has 0 amide bonds. The van der Waals surface area contributed by atoms with Crippen molar-refractivity contribution in [3.05, 3.63) is 0 Å². The summed E-state index contributed by atoms with van der Waals surface area (Å²) >= 11 is 0. The van der Waals surface area contributed by atoms with Gasteiger partial charge >= 0.3 is 0 Å². The Bertz CT molecular complexity index is 182. The predicted molar refractivity (Wildman–Crippen MR) is 32.3 cm³/mol. The standard InChI is InChI=1S/C4H9NO3S/c5-9(6,7)3-4-1-2-8-4/h4H,1-3H2,(H2,5,6,7). The molecule has 5 heteroatoms. The molecule has 0 aromatic carbocycles. The van der Waals surface area contributed by atoms with E-state index in [0.717, 1.165) is 6.42 Å². The Kier molecular flexibility index (Phi) is 1.74. The minimum absolute atomic E-state index is 0.0347. The second kappa shape index (κ2) is 2.24. The quantitative estimate of drug-likeness (QED) is 0.554. The van der Waals surface area contributed by atoms with Crippen molar-refractivity contribution in [2.45, 2.75) is 12.5 Å². The summed E-state index contributed by atoms with van der Waals surface area (Å²) in [4.78, 5) is 0. The Morgan fingerprint density at radius 2 is 2.22 bits per heavy atom. The van der Waals surface area contributed by atoms with Crippen LogP contribution in [0, 0.1) is 0 Å². The monoisotopic (exact) mass is 151 g/mol. The van der Waals surface area contributed by atoms with Gasteiger partial charge in [-0.2, -0.15) is 0 Å². The van der Waals surface area contributed by atoms with Crippen LogP contribution in [0.1, 0.15) is 6.42 Å². The highest BCUT2D eigenvalue weighted by Gasteiger charge is 2.22. The third kappa shape index (κ3) is 2.30. The molecule has 1 aliphatic rings. The maximum absolute atomic E-state index is 10.3. The lowest BCUT2D eigenvalue weighted by Gasteiger charge is -2.24. The summed E-state index contributed by atoms with van der Waals surface area (Å²) in [7, 11) is -3.31. The van der Waals surface area contributed by atoms with Crippen molar-refractivity contribution in [2.75, 3.05) is 12.4 Å². The molecule has 1 unspecified atom stereocenters. The first kappa shape index (κ1) is 6.98. The van der Waals surface area contributed by atoms with Crippen molar-refractivity contribution in [3.8, 4) is 0 Å². The van der Waals surface area contributed by atoms with Crippen LogP contribution in [0.5, 0.6) is 0 Å². The molecule has 54 valence electrons. The van der Waals surface area contributed by atoms with Gasteiger partial charge in [-0.3, -0.25) is 0 Å². The van der Waals surface area contributed by atoms with Crippen LogP contribution < -0.4 is 5.14 Å². The van der Waals surface area contributed by atoms with E-state index in [1.807, 2.05) is 0 Å². The van der Waals surface area contributed by atoms with E-state index < -0.39 is 10.0 Å². The minimum atomic E-state index is -3.31. The summed E-state index contributed by atoms with van der Waals surface area (Å²) < 4.78 is 25.5. The second-order valence-electron chi connectivity index (χ2n) is 2.11. The lowest BCUT2D eigenvalue weighted by Crippen LogP contribution is -2.36. The van der Waals surface area contributed by atoms with Gasteiger partial charge in [-0.05, 0) is 6.42 Å². The first-order valence-corrected chi connectivity index (χ1v) is 4.41. The van der Waals surface area contributed by atoms with Crippen molar-refractivity contribution in [1.82, 2.24) is 0 Å². The Hall–Kier alpha value is -0.130. The lowest BCUT2D eigenvalue weighted by atomic mass is 10.2. The maximum atomic E-state index is 10.3. The Labute approximate surface area is 54.0 Å². The normalized spacial score (nSPS) is 27.4. The van der Waals surface area contributed by atoms with E-state index >= 15 is 0 Å². The molecule has 0 spiro atoms. The number of ether oxygens (including phenoxy) is 1. The third-order valence-corrected chi connectivity index (χ3v) is 2.05. The average Bonchev–Trinajstić information content (AvgIpc) is 1.53. The Morgan fingerprint density at radius 1 is 1.67 bits per heavy atom. The van der Waals surface area contributed by atoms with Gasteiger partial charge in [0.25, 0.3) is 0 Å². The van der Waals surface area contributed by atoms with Crippen LogP contribution in [-0.4, -0.2) is 26.9 Å². The van der Waals surface area contributed by atoms with Crippen molar-refractivity contribution in [2.24, 2.45) is 5.14 Å². The van der Waals surface area contributed by atoms with Crippen LogP contribution >= 0.6 is 0 Å². The predicted octanol–water partition coefficient (Wildman–Crippen LogP) is -0.936. The fraction of sp³-hybridized carbons (Fsp3) is 1.00. The van der Waals surface area contributed by atoms with Crippen molar-refractivity contribution >= 4 is 10.0 Å². The van der Waals surface area contributed by atoms with Crippen molar-refractivity contribution < 1.29 is 13.2 Å². The highest BCUT2D eigenvalue weighted by molar-refractivity contribution is 7.89. The number of primary sulfonamides is 1. The number of rotatable bonds is 2. The van der Waals surface area contributed by atoms with Gasteiger partial charge < -0.3 is 4.74 Å². The molecule has 9 heavy (non-hydrogen) atoms. The van der Waals surface area contributed by atoms with Gasteiger partial charge in [0.1, 0.15) is 0 Å². The molecule has 0 aromatic heterocycles. The molecular formula is C4H9NO3S. The molecule has 4 nitrogen and oxygen atoms in total. The van der Waals surface area contributed by atoms with Gasteiger partial charge in [-0.15, -0.1) is 0 Å². The smallest absolute Gasteiger partial charge is 0.211 e. The van der Waals surface area contributed by atoms with Gasteiger partial charge in [0.2, 0.25) is 10.0 Å². The molecule has 0 aromatic rings.